The number of aliphatic carboxylic acids is 1. The second-order valence-electron chi connectivity index (χ2n) is 6.49. The monoisotopic (exact) mass is 364 g/mol. The zero-order valence-electron chi connectivity index (χ0n) is 14.9. The maximum Gasteiger partial charge on any atom is 0.303 e. The third-order valence-electron chi connectivity index (χ3n) is 4.54. The Balaban J connectivity index is 1.74. The van der Waals surface area contributed by atoms with Gasteiger partial charge >= 0.3 is 5.97 Å². The molecule has 3 aromatic rings. The molecule has 0 spiro atoms. The molecule has 3 rings (SSSR count). The van der Waals surface area contributed by atoms with E-state index in [1.54, 1.807) is 0 Å². The minimum atomic E-state index is -0.694. The number of carbonyl (C=O) groups is 1. The molecule has 0 bridgehead atoms. The zero-order valence-corrected chi connectivity index (χ0v) is 15.7. The summed E-state index contributed by atoms with van der Waals surface area (Å²) in [4.78, 5) is 13.2. The standard InChI is InChI=1S/C23H24O2S/c24-23(25)15-7-2-1-6-14-21-20-13-9-8-10-18(20)16-17-22(21)26-19-11-4-3-5-12-19/h3-5,8-13,16-17H,1-2,6-7,14-15H2,(H,24,25). The highest BCUT2D eigenvalue weighted by molar-refractivity contribution is 7.99. The predicted molar refractivity (Wildman–Crippen MR) is 109 cm³/mol. The summed E-state index contributed by atoms with van der Waals surface area (Å²) >= 11 is 1.82. The highest BCUT2D eigenvalue weighted by Crippen LogP contribution is 2.35. The Bertz CT molecular complexity index is 858. The minimum Gasteiger partial charge on any atom is -0.481 e. The van der Waals surface area contributed by atoms with E-state index in [-0.39, 0.29) is 6.42 Å². The number of hydrogen-bond acceptors (Lipinski definition) is 2. The Morgan fingerprint density at radius 2 is 1.54 bits per heavy atom. The van der Waals surface area contributed by atoms with Crippen molar-refractivity contribution in [2.45, 2.75) is 48.3 Å². The van der Waals surface area contributed by atoms with Gasteiger partial charge < -0.3 is 5.11 Å². The largest absolute Gasteiger partial charge is 0.481 e. The molecule has 0 fully saturated rings. The fourth-order valence-electron chi connectivity index (χ4n) is 3.22. The number of carboxylic acid groups (broad SMARTS) is 1. The number of unbranched alkanes of at least 4 members (excludes halogenated alkanes) is 3. The van der Waals surface area contributed by atoms with Gasteiger partial charge in [0.1, 0.15) is 0 Å². The minimum absolute atomic E-state index is 0.281. The molecule has 0 aliphatic carbocycles. The molecule has 0 aliphatic heterocycles. The van der Waals surface area contributed by atoms with E-state index in [2.05, 4.69) is 60.7 Å². The third kappa shape index (κ3) is 5.12. The van der Waals surface area contributed by atoms with Crippen molar-refractivity contribution in [1.29, 1.82) is 0 Å². The van der Waals surface area contributed by atoms with Gasteiger partial charge in [0, 0.05) is 16.2 Å². The molecule has 0 saturated heterocycles. The van der Waals surface area contributed by atoms with Crippen LogP contribution in [0.15, 0.2) is 76.5 Å². The van der Waals surface area contributed by atoms with Crippen LogP contribution in [0.5, 0.6) is 0 Å². The predicted octanol–water partition coefficient (Wildman–Crippen LogP) is 6.57. The molecule has 0 aliphatic rings. The van der Waals surface area contributed by atoms with Gasteiger partial charge in [-0.1, -0.05) is 73.1 Å². The van der Waals surface area contributed by atoms with E-state index in [0.717, 1.165) is 32.1 Å². The molecule has 2 nitrogen and oxygen atoms in total. The van der Waals surface area contributed by atoms with Crippen LogP contribution in [-0.4, -0.2) is 11.1 Å². The van der Waals surface area contributed by atoms with Crippen molar-refractivity contribution < 1.29 is 9.90 Å². The summed E-state index contributed by atoms with van der Waals surface area (Å²) in [6.07, 6.45) is 5.24. The van der Waals surface area contributed by atoms with Crippen LogP contribution in [0.4, 0.5) is 0 Å². The second-order valence-corrected chi connectivity index (χ2v) is 7.60. The first-order valence-electron chi connectivity index (χ1n) is 9.19. The Hall–Kier alpha value is -2.26. The van der Waals surface area contributed by atoms with Crippen molar-refractivity contribution in [3.63, 3.8) is 0 Å². The Morgan fingerprint density at radius 3 is 2.35 bits per heavy atom. The summed E-state index contributed by atoms with van der Waals surface area (Å²) < 4.78 is 0. The molecule has 0 aromatic heterocycles. The smallest absolute Gasteiger partial charge is 0.303 e. The van der Waals surface area contributed by atoms with Crippen LogP contribution in [0.2, 0.25) is 0 Å². The van der Waals surface area contributed by atoms with E-state index < -0.39 is 5.97 Å². The van der Waals surface area contributed by atoms with Crippen molar-refractivity contribution >= 4 is 28.5 Å². The molecule has 1 N–H and O–H groups in total. The highest BCUT2D eigenvalue weighted by Gasteiger charge is 2.09. The maximum absolute atomic E-state index is 10.6. The van der Waals surface area contributed by atoms with Crippen molar-refractivity contribution in [2.24, 2.45) is 0 Å². The van der Waals surface area contributed by atoms with Crippen LogP contribution in [0.1, 0.15) is 37.7 Å². The van der Waals surface area contributed by atoms with E-state index in [0.29, 0.717) is 0 Å². The van der Waals surface area contributed by atoms with Gasteiger partial charge in [-0.3, -0.25) is 4.79 Å². The third-order valence-corrected chi connectivity index (χ3v) is 5.65. The van der Waals surface area contributed by atoms with E-state index in [9.17, 15) is 4.79 Å². The molecule has 134 valence electrons. The lowest BCUT2D eigenvalue weighted by Gasteiger charge is -2.13. The molecule has 3 heteroatoms. The summed E-state index contributed by atoms with van der Waals surface area (Å²) in [6, 6.07) is 23.5. The fraction of sp³-hybridized carbons (Fsp3) is 0.261. The quantitative estimate of drug-likeness (QED) is 0.436. The molecule has 0 atom stereocenters. The van der Waals surface area contributed by atoms with Gasteiger partial charge in [0.25, 0.3) is 0 Å². The van der Waals surface area contributed by atoms with Gasteiger partial charge in [-0.05, 0) is 53.8 Å². The Morgan fingerprint density at radius 1 is 0.808 bits per heavy atom. The van der Waals surface area contributed by atoms with Gasteiger partial charge in [0.05, 0.1) is 0 Å². The first-order valence-corrected chi connectivity index (χ1v) is 10.0. The molecule has 0 heterocycles. The lowest BCUT2D eigenvalue weighted by molar-refractivity contribution is -0.137. The zero-order chi connectivity index (χ0) is 18.2. The van der Waals surface area contributed by atoms with Gasteiger partial charge in [-0.15, -0.1) is 0 Å². The Kier molecular flexibility index (Phi) is 6.73. The van der Waals surface area contributed by atoms with Crippen molar-refractivity contribution in [2.75, 3.05) is 0 Å². The van der Waals surface area contributed by atoms with Crippen LogP contribution in [-0.2, 0) is 11.2 Å². The number of carboxylic acids is 1. The van der Waals surface area contributed by atoms with Crippen LogP contribution in [0, 0.1) is 0 Å². The summed E-state index contributed by atoms with van der Waals surface area (Å²) in [5, 5.41) is 11.4. The van der Waals surface area contributed by atoms with Crippen LogP contribution in [0.25, 0.3) is 10.8 Å². The van der Waals surface area contributed by atoms with E-state index in [1.165, 1.54) is 26.1 Å². The molecule has 0 unspecified atom stereocenters. The SMILES string of the molecule is O=C(O)CCCCCCc1c(Sc2ccccc2)ccc2ccccc12. The topological polar surface area (TPSA) is 37.3 Å². The first kappa shape index (κ1) is 18.5. The van der Waals surface area contributed by atoms with Crippen molar-refractivity contribution in [1.82, 2.24) is 0 Å². The maximum atomic E-state index is 10.6. The normalized spacial score (nSPS) is 10.9. The van der Waals surface area contributed by atoms with Crippen LogP contribution < -0.4 is 0 Å². The molecule has 26 heavy (non-hydrogen) atoms. The summed E-state index contributed by atoms with van der Waals surface area (Å²) in [5.41, 5.74) is 1.41. The summed E-state index contributed by atoms with van der Waals surface area (Å²) in [7, 11) is 0. The van der Waals surface area contributed by atoms with Crippen LogP contribution >= 0.6 is 11.8 Å². The van der Waals surface area contributed by atoms with Crippen molar-refractivity contribution in [3.8, 4) is 0 Å². The lowest BCUT2D eigenvalue weighted by Crippen LogP contribution is -1.95. The fourth-order valence-corrected chi connectivity index (χ4v) is 4.23. The van der Waals surface area contributed by atoms with Gasteiger partial charge in [0.2, 0.25) is 0 Å². The molecule has 3 aromatic carbocycles. The molecule has 0 amide bonds. The number of rotatable bonds is 9. The van der Waals surface area contributed by atoms with E-state index in [1.807, 2.05) is 17.8 Å². The van der Waals surface area contributed by atoms with Gasteiger partial charge in [-0.2, -0.15) is 0 Å². The molecule has 0 radical (unpaired) electrons. The van der Waals surface area contributed by atoms with Gasteiger partial charge in [-0.25, -0.2) is 0 Å². The Labute approximate surface area is 159 Å². The molecule has 0 saturated carbocycles. The first-order chi connectivity index (χ1) is 12.7. The summed E-state index contributed by atoms with van der Waals surface area (Å²) in [5.74, 6) is -0.694. The van der Waals surface area contributed by atoms with E-state index in [4.69, 9.17) is 5.11 Å². The average Bonchev–Trinajstić information content (AvgIpc) is 2.66. The number of aryl methyl sites for hydroxylation is 1. The number of fused-ring (bicyclic) bond motifs is 1. The number of hydrogen-bond donors (Lipinski definition) is 1. The highest BCUT2D eigenvalue weighted by atomic mass is 32.2. The van der Waals surface area contributed by atoms with Crippen molar-refractivity contribution in [3.05, 3.63) is 72.3 Å². The molecular formula is C23H24O2S. The van der Waals surface area contributed by atoms with Gasteiger partial charge in [0.15, 0.2) is 0 Å². The average molecular weight is 365 g/mol. The lowest BCUT2D eigenvalue weighted by atomic mass is 9.99. The van der Waals surface area contributed by atoms with E-state index >= 15 is 0 Å². The van der Waals surface area contributed by atoms with Crippen LogP contribution in [0.3, 0.4) is 0 Å². The second kappa shape index (κ2) is 9.44. The summed E-state index contributed by atoms with van der Waals surface area (Å²) in [6.45, 7) is 0. The molecular weight excluding hydrogens is 340 g/mol. The number of benzene rings is 3.